The van der Waals surface area contributed by atoms with E-state index in [2.05, 4.69) is 5.32 Å². The van der Waals surface area contributed by atoms with Crippen molar-refractivity contribution < 1.29 is 19.4 Å². The van der Waals surface area contributed by atoms with Gasteiger partial charge in [-0.25, -0.2) is 4.79 Å². The molecular formula is C22H17ClN2O4. The van der Waals surface area contributed by atoms with Crippen molar-refractivity contribution in [3.8, 4) is 5.75 Å². The third kappa shape index (κ3) is 3.88. The second-order valence-corrected chi connectivity index (χ2v) is 6.93. The van der Waals surface area contributed by atoms with Gasteiger partial charge in [-0.15, -0.1) is 0 Å². The van der Waals surface area contributed by atoms with E-state index in [1.54, 1.807) is 47.4 Å². The first kappa shape index (κ1) is 18.8. The summed E-state index contributed by atoms with van der Waals surface area (Å²) in [5.41, 5.74) is 2.86. The van der Waals surface area contributed by atoms with Gasteiger partial charge in [-0.05, 0) is 54.1 Å². The molecular weight excluding hydrogens is 392 g/mol. The largest absolute Gasteiger partial charge is 0.482 e. The Kier molecular flexibility index (Phi) is 5.10. The Morgan fingerprint density at radius 3 is 2.41 bits per heavy atom. The average molecular weight is 409 g/mol. The molecule has 0 saturated heterocycles. The number of halogens is 1. The lowest BCUT2D eigenvalue weighted by Gasteiger charge is -2.38. The second-order valence-electron chi connectivity index (χ2n) is 6.50. The number of aliphatic carboxylic acids is 1. The van der Waals surface area contributed by atoms with E-state index in [9.17, 15) is 9.59 Å². The van der Waals surface area contributed by atoms with Gasteiger partial charge in [-0.3, -0.25) is 9.69 Å². The quantitative estimate of drug-likeness (QED) is 0.646. The van der Waals surface area contributed by atoms with E-state index < -0.39 is 18.7 Å². The zero-order valence-electron chi connectivity index (χ0n) is 15.2. The third-order valence-electron chi connectivity index (χ3n) is 4.59. The molecule has 4 rings (SSSR count). The molecule has 1 aliphatic rings. The first-order chi connectivity index (χ1) is 14.0. The standard InChI is InChI=1S/C22H17ClN2O4/c23-15-7-5-14(6-8-15)21-24-19-4-2-1-3-18(19)22(28)25(21)16-9-11-17(12-10-16)29-13-20(26)27/h1-12,21,24H,13H2,(H,26,27). The van der Waals surface area contributed by atoms with E-state index in [0.29, 0.717) is 22.0 Å². The Hall–Kier alpha value is -3.51. The number of rotatable bonds is 5. The van der Waals surface area contributed by atoms with Gasteiger partial charge in [0.15, 0.2) is 6.61 Å². The molecule has 0 radical (unpaired) electrons. The molecule has 0 aromatic heterocycles. The molecule has 0 bridgehead atoms. The molecule has 6 nitrogen and oxygen atoms in total. The first-order valence-electron chi connectivity index (χ1n) is 8.92. The third-order valence-corrected chi connectivity index (χ3v) is 4.84. The van der Waals surface area contributed by atoms with Crippen molar-refractivity contribution in [1.29, 1.82) is 0 Å². The van der Waals surface area contributed by atoms with Gasteiger partial charge in [0.2, 0.25) is 0 Å². The van der Waals surface area contributed by atoms with Crippen LogP contribution in [0.1, 0.15) is 22.1 Å². The summed E-state index contributed by atoms with van der Waals surface area (Å²) < 4.78 is 5.18. The van der Waals surface area contributed by atoms with Crippen molar-refractivity contribution in [3.63, 3.8) is 0 Å². The van der Waals surface area contributed by atoms with Crippen molar-refractivity contribution in [3.05, 3.63) is 88.9 Å². The molecule has 0 saturated carbocycles. The van der Waals surface area contributed by atoms with Crippen LogP contribution in [-0.2, 0) is 4.79 Å². The minimum absolute atomic E-state index is 0.140. The van der Waals surface area contributed by atoms with Crippen LogP contribution >= 0.6 is 11.6 Å². The highest BCUT2D eigenvalue weighted by Gasteiger charge is 2.33. The number of fused-ring (bicyclic) bond motifs is 1. The van der Waals surface area contributed by atoms with Crippen LogP contribution in [0.3, 0.4) is 0 Å². The number of hydrogen-bond donors (Lipinski definition) is 2. The van der Waals surface area contributed by atoms with Crippen LogP contribution < -0.4 is 15.0 Å². The molecule has 7 heteroatoms. The summed E-state index contributed by atoms with van der Waals surface area (Å²) in [5.74, 6) is -0.778. The zero-order chi connectivity index (χ0) is 20.4. The van der Waals surface area contributed by atoms with Gasteiger partial charge in [-0.2, -0.15) is 0 Å². The fraction of sp³-hybridized carbons (Fsp3) is 0.0909. The number of carboxylic acid groups (broad SMARTS) is 1. The van der Waals surface area contributed by atoms with Crippen molar-refractivity contribution in [2.24, 2.45) is 0 Å². The lowest BCUT2D eigenvalue weighted by molar-refractivity contribution is -0.139. The number of nitrogens with zero attached hydrogens (tertiary/aromatic N) is 1. The Bertz CT molecular complexity index is 1050. The lowest BCUT2D eigenvalue weighted by atomic mass is 10.0. The van der Waals surface area contributed by atoms with Crippen LogP contribution in [-0.4, -0.2) is 23.6 Å². The second kappa shape index (κ2) is 7.85. The van der Waals surface area contributed by atoms with E-state index in [4.69, 9.17) is 21.4 Å². The molecule has 1 amide bonds. The maximum atomic E-state index is 13.3. The molecule has 2 N–H and O–H groups in total. The van der Waals surface area contributed by atoms with Crippen LogP contribution in [0.25, 0.3) is 0 Å². The molecule has 3 aromatic carbocycles. The smallest absolute Gasteiger partial charge is 0.341 e. The number of carbonyl (C=O) groups is 2. The number of carbonyl (C=O) groups excluding carboxylic acids is 1. The SMILES string of the molecule is O=C(O)COc1ccc(N2C(=O)c3ccccc3NC2c2ccc(Cl)cc2)cc1. The van der Waals surface area contributed by atoms with E-state index in [1.165, 1.54) is 0 Å². The van der Waals surface area contributed by atoms with Crippen molar-refractivity contribution in [2.45, 2.75) is 6.17 Å². The molecule has 29 heavy (non-hydrogen) atoms. The predicted octanol–water partition coefficient (Wildman–Crippen LogP) is 4.57. The van der Waals surface area contributed by atoms with Crippen LogP contribution in [0.5, 0.6) is 5.75 Å². The molecule has 0 spiro atoms. The maximum Gasteiger partial charge on any atom is 0.341 e. The normalized spacial score (nSPS) is 15.4. The summed E-state index contributed by atoms with van der Waals surface area (Å²) in [6.07, 6.45) is -0.430. The fourth-order valence-electron chi connectivity index (χ4n) is 3.25. The highest BCUT2D eigenvalue weighted by Crippen LogP contribution is 2.37. The Balaban J connectivity index is 1.72. The van der Waals surface area contributed by atoms with Gasteiger partial charge < -0.3 is 15.2 Å². The Labute approximate surface area is 172 Å². The van der Waals surface area contributed by atoms with Crippen molar-refractivity contribution in [2.75, 3.05) is 16.8 Å². The van der Waals surface area contributed by atoms with Gasteiger partial charge in [0.25, 0.3) is 5.91 Å². The predicted molar refractivity (Wildman–Crippen MR) is 111 cm³/mol. The van der Waals surface area contributed by atoms with Crippen molar-refractivity contribution in [1.82, 2.24) is 0 Å². The molecule has 3 aromatic rings. The number of para-hydroxylation sites is 1. The highest BCUT2D eigenvalue weighted by atomic mass is 35.5. The molecule has 0 aliphatic carbocycles. The maximum absolute atomic E-state index is 13.3. The number of benzene rings is 3. The summed E-state index contributed by atoms with van der Waals surface area (Å²) in [4.78, 5) is 25.7. The van der Waals surface area contributed by atoms with E-state index in [-0.39, 0.29) is 5.91 Å². The van der Waals surface area contributed by atoms with Crippen molar-refractivity contribution >= 4 is 34.9 Å². The van der Waals surface area contributed by atoms with Gasteiger partial charge >= 0.3 is 5.97 Å². The summed E-state index contributed by atoms with van der Waals surface area (Å²) in [6, 6.07) is 21.4. The number of nitrogens with one attached hydrogen (secondary N) is 1. The highest BCUT2D eigenvalue weighted by molar-refractivity contribution is 6.30. The van der Waals surface area contributed by atoms with Gasteiger partial charge in [0.1, 0.15) is 11.9 Å². The Morgan fingerprint density at radius 2 is 1.72 bits per heavy atom. The summed E-state index contributed by atoms with van der Waals surface area (Å²) in [7, 11) is 0. The fourth-order valence-corrected chi connectivity index (χ4v) is 3.37. The molecule has 1 aliphatic heterocycles. The van der Waals surface area contributed by atoms with E-state index in [1.807, 2.05) is 30.3 Å². The van der Waals surface area contributed by atoms with E-state index >= 15 is 0 Å². The molecule has 0 fully saturated rings. The number of hydrogen-bond acceptors (Lipinski definition) is 4. The molecule has 146 valence electrons. The zero-order valence-corrected chi connectivity index (χ0v) is 16.0. The summed E-state index contributed by atoms with van der Waals surface area (Å²) >= 11 is 6.03. The number of anilines is 2. The first-order valence-corrected chi connectivity index (χ1v) is 9.30. The minimum Gasteiger partial charge on any atom is -0.482 e. The lowest BCUT2D eigenvalue weighted by Crippen LogP contribution is -2.43. The number of carboxylic acids is 1. The average Bonchev–Trinajstić information content (AvgIpc) is 2.73. The topological polar surface area (TPSA) is 78.9 Å². The minimum atomic E-state index is -1.05. The van der Waals surface area contributed by atoms with Gasteiger partial charge in [0, 0.05) is 16.4 Å². The van der Waals surface area contributed by atoms with Gasteiger partial charge in [0.05, 0.1) is 5.56 Å². The molecule has 1 heterocycles. The monoisotopic (exact) mass is 408 g/mol. The molecule has 1 atom stereocenters. The van der Waals surface area contributed by atoms with Crippen LogP contribution in [0.4, 0.5) is 11.4 Å². The number of amides is 1. The van der Waals surface area contributed by atoms with Crippen LogP contribution in [0.15, 0.2) is 72.8 Å². The molecule has 1 unspecified atom stereocenters. The number of ether oxygens (including phenoxy) is 1. The summed E-state index contributed by atoms with van der Waals surface area (Å²) in [5, 5.41) is 12.8. The van der Waals surface area contributed by atoms with E-state index in [0.717, 1.165) is 11.3 Å². The Morgan fingerprint density at radius 1 is 1.03 bits per heavy atom. The van der Waals surface area contributed by atoms with Crippen LogP contribution in [0.2, 0.25) is 5.02 Å². The van der Waals surface area contributed by atoms with Gasteiger partial charge in [-0.1, -0.05) is 35.9 Å². The summed E-state index contributed by atoms with van der Waals surface area (Å²) in [6.45, 7) is -0.426. The van der Waals surface area contributed by atoms with Crippen LogP contribution in [0, 0.1) is 0 Å².